The number of aliphatic imine (C=N–C) groups is 1. The lowest BCUT2D eigenvalue weighted by Crippen LogP contribution is -2.62. The number of hydrogen-bond donors (Lipinski definition) is 2. The van der Waals surface area contributed by atoms with Gasteiger partial charge < -0.3 is 43.6 Å². The summed E-state index contributed by atoms with van der Waals surface area (Å²) in [5.41, 5.74) is -5.03. The van der Waals surface area contributed by atoms with E-state index >= 15 is 4.39 Å². The quantitative estimate of drug-likeness (QED) is 0.159. The van der Waals surface area contributed by atoms with Gasteiger partial charge in [-0.2, -0.15) is 0 Å². The molecule has 0 aromatic heterocycles. The zero-order chi connectivity index (χ0) is 46.4. The summed E-state index contributed by atoms with van der Waals surface area (Å²) < 4.78 is 49.3. The van der Waals surface area contributed by atoms with Gasteiger partial charge in [-0.05, 0) is 83.9 Å². The summed E-state index contributed by atoms with van der Waals surface area (Å²) in [5.74, 6) is -5.95. The first-order valence-electron chi connectivity index (χ1n) is 22.2. The van der Waals surface area contributed by atoms with Gasteiger partial charge in [0.2, 0.25) is 5.91 Å². The third kappa shape index (κ3) is 12.8. The number of aliphatic hydroxyl groups is 2. The van der Waals surface area contributed by atoms with E-state index in [-0.39, 0.29) is 50.6 Å². The van der Waals surface area contributed by atoms with Crippen LogP contribution in [0.2, 0.25) is 0 Å². The first kappa shape index (κ1) is 51.5. The van der Waals surface area contributed by atoms with Crippen molar-refractivity contribution in [1.29, 1.82) is 0 Å². The maximum Gasteiger partial charge on any atom is 0.351 e. The van der Waals surface area contributed by atoms with Gasteiger partial charge >= 0.3 is 5.97 Å². The molecular formula is C47H74FN3O11. The fourth-order valence-electron chi connectivity index (χ4n) is 9.15. The molecule has 3 saturated heterocycles. The van der Waals surface area contributed by atoms with Gasteiger partial charge in [0.05, 0.1) is 42.8 Å². The molecule has 2 bridgehead atoms. The Labute approximate surface area is 368 Å². The first-order chi connectivity index (χ1) is 28.8. The van der Waals surface area contributed by atoms with Crippen molar-refractivity contribution in [1.82, 2.24) is 4.90 Å². The fraction of sp³-hybridized carbons (Fsp3) is 0.766. The molecular weight excluding hydrogens is 802 g/mol. The van der Waals surface area contributed by atoms with Gasteiger partial charge in [-0.3, -0.25) is 9.59 Å². The number of nitrogens with zero attached hydrogens (tertiary/aromatic N) is 3. The Balaban J connectivity index is 1.93. The van der Waals surface area contributed by atoms with Gasteiger partial charge in [0.1, 0.15) is 24.4 Å². The number of halogens is 1. The van der Waals surface area contributed by atoms with Crippen molar-refractivity contribution in [2.75, 3.05) is 26.8 Å². The minimum absolute atomic E-state index is 0.0232. The summed E-state index contributed by atoms with van der Waals surface area (Å²) in [7, 11) is 1.94. The van der Waals surface area contributed by atoms with E-state index in [4.69, 9.17) is 28.5 Å². The highest BCUT2D eigenvalue weighted by Gasteiger charge is 2.56. The number of esters is 1. The summed E-state index contributed by atoms with van der Waals surface area (Å²) in [6.07, 6.45) is -5.22. The molecule has 1 aromatic rings. The Bertz CT molecular complexity index is 1730. The molecule has 13 atom stereocenters. The van der Waals surface area contributed by atoms with Gasteiger partial charge in [-0.25, -0.2) is 14.2 Å². The van der Waals surface area contributed by atoms with Crippen molar-refractivity contribution in [3.63, 3.8) is 0 Å². The van der Waals surface area contributed by atoms with Crippen LogP contribution >= 0.6 is 0 Å². The normalized spacial score (nSPS) is 38.5. The number of benzene rings is 1. The zero-order valence-electron chi connectivity index (χ0n) is 39.3. The number of carbonyl (C=O) groups is 3. The van der Waals surface area contributed by atoms with E-state index in [0.29, 0.717) is 24.4 Å². The van der Waals surface area contributed by atoms with E-state index in [2.05, 4.69) is 35.8 Å². The SMILES string of the molecule is CC[C@H]1OC(=O)[C@@](C)(F)C(=O)[C@H](C)[C@@H](O[C@@H]2O[C@H](C)C[C@H](N(C)CCC(C)(C)C)[C@H]2O)[C@@]2(C)C[C@@H](C)C(=NC(C)=O)[C@H](C)[C@@H](OCC/C(=N\OCc3ccccc3)CO2)[C@]1(C)O. The van der Waals surface area contributed by atoms with Crippen LogP contribution in [-0.2, 0) is 49.5 Å². The molecule has 0 saturated carbocycles. The Morgan fingerprint density at radius 1 is 1.06 bits per heavy atom. The second-order valence-electron chi connectivity index (χ2n) is 19.6. The lowest BCUT2D eigenvalue weighted by molar-refractivity contribution is -0.297. The van der Waals surface area contributed by atoms with Gasteiger partial charge in [0, 0.05) is 36.9 Å². The highest BCUT2D eigenvalue weighted by Crippen LogP contribution is 2.41. The Morgan fingerprint density at radius 2 is 1.73 bits per heavy atom. The summed E-state index contributed by atoms with van der Waals surface area (Å²) >= 11 is 0. The van der Waals surface area contributed by atoms with Gasteiger partial charge in [0.15, 0.2) is 12.1 Å². The number of cyclic esters (lactones) is 1. The van der Waals surface area contributed by atoms with Crippen molar-refractivity contribution in [2.45, 2.75) is 182 Å². The summed E-state index contributed by atoms with van der Waals surface area (Å²) in [6.45, 7) is 21.0. The number of alkyl halides is 1. The number of hydrogen-bond acceptors (Lipinski definition) is 13. The lowest BCUT2D eigenvalue weighted by atomic mass is 9.73. The number of oxime groups is 1. The smallest absolute Gasteiger partial charge is 0.351 e. The van der Waals surface area contributed by atoms with Crippen LogP contribution in [0.4, 0.5) is 4.39 Å². The molecule has 0 radical (unpaired) electrons. The fourth-order valence-corrected chi connectivity index (χ4v) is 9.15. The van der Waals surface area contributed by atoms with Crippen LogP contribution in [0.1, 0.15) is 121 Å². The largest absolute Gasteiger partial charge is 0.457 e. The van der Waals surface area contributed by atoms with Crippen LogP contribution in [0.3, 0.4) is 0 Å². The van der Waals surface area contributed by atoms with Crippen molar-refractivity contribution in [3.8, 4) is 0 Å². The monoisotopic (exact) mass is 876 g/mol. The molecule has 1 amide bonds. The molecule has 0 spiro atoms. The Hall–Kier alpha value is -3.18. The maximum atomic E-state index is 17.1. The van der Waals surface area contributed by atoms with E-state index in [1.807, 2.05) is 51.2 Å². The second kappa shape index (κ2) is 21.2. The second-order valence-corrected chi connectivity index (χ2v) is 19.6. The minimum Gasteiger partial charge on any atom is -0.457 e. The van der Waals surface area contributed by atoms with E-state index in [1.54, 1.807) is 20.8 Å². The topological polar surface area (TPSA) is 175 Å². The molecule has 15 heteroatoms. The van der Waals surface area contributed by atoms with E-state index < -0.39 is 89.0 Å². The number of rotatable bonds is 9. The highest BCUT2D eigenvalue weighted by atomic mass is 19.1. The maximum absolute atomic E-state index is 17.1. The summed E-state index contributed by atoms with van der Waals surface area (Å²) in [6, 6.07) is 9.10. The van der Waals surface area contributed by atoms with Crippen LogP contribution in [0.5, 0.6) is 0 Å². The van der Waals surface area contributed by atoms with Crippen LogP contribution in [0.25, 0.3) is 0 Å². The molecule has 3 heterocycles. The standard InChI is InChI=1S/C47H74FN3O11/c1-14-36-47(12,56)41-30(4)37(49-32(6)52)28(2)25-45(10,58-27-34(20-23-57-41)50-59-26-33-18-16-15-17-19-33)40(31(5)39(54)46(11,48)43(55)61-36)62-42-38(53)35(24-29(3)60-42)51(13)22-21-44(7,8)9/h15-19,28-31,35-36,38,40-42,53,56H,14,20-27H2,1-13H3/b49-37?,50-34+/t28-,29-,30+,31+,35+,36-,38-,40-,41-,42+,45-,46+,47-/m1/s1. The Morgan fingerprint density at radius 3 is 2.34 bits per heavy atom. The summed E-state index contributed by atoms with van der Waals surface area (Å²) in [5, 5.41) is 28.9. The van der Waals surface area contributed by atoms with Crippen molar-refractivity contribution >= 4 is 29.1 Å². The summed E-state index contributed by atoms with van der Waals surface area (Å²) in [4.78, 5) is 53.8. The number of amides is 1. The molecule has 0 aliphatic carbocycles. The average molecular weight is 876 g/mol. The molecule has 4 rings (SSSR count). The van der Waals surface area contributed by atoms with Crippen LogP contribution in [-0.4, -0.2) is 131 Å². The first-order valence-corrected chi connectivity index (χ1v) is 22.2. The van der Waals surface area contributed by atoms with Crippen LogP contribution in [0.15, 0.2) is 40.5 Å². The molecule has 2 N–H and O–H groups in total. The van der Waals surface area contributed by atoms with E-state index in [0.717, 1.165) is 18.9 Å². The molecule has 350 valence electrons. The van der Waals surface area contributed by atoms with Crippen LogP contribution in [0, 0.1) is 23.2 Å². The van der Waals surface area contributed by atoms with E-state index in [9.17, 15) is 24.6 Å². The van der Waals surface area contributed by atoms with Crippen molar-refractivity contribution in [2.24, 2.45) is 33.3 Å². The third-order valence-corrected chi connectivity index (χ3v) is 12.8. The number of likely N-dealkylation sites (N-methyl/N-ethyl adjacent to an activating group) is 1. The highest BCUT2D eigenvalue weighted by molar-refractivity contribution is 6.08. The number of ether oxygens (including phenoxy) is 5. The average Bonchev–Trinajstić information content (AvgIpc) is 3.19. The molecule has 62 heavy (non-hydrogen) atoms. The zero-order valence-corrected chi connectivity index (χ0v) is 39.3. The number of fused-ring (bicyclic) bond motifs is 5. The van der Waals surface area contributed by atoms with Gasteiger partial charge in [-0.15, -0.1) is 0 Å². The molecule has 3 fully saturated rings. The third-order valence-electron chi connectivity index (χ3n) is 12.8. The number of Topliss-reactive ketones (excluding diaryl/α,β-unsaturated/α-hetero) is 1. The molecule has 1 aromatic carbocycles. The molecule has 14 nitrogen and oxygen atoms in total. The van der Waals surface area contributed by atoms with Crippen molar-refractivity contribution < 1.29 is 57.5 Å². The van der Waals surface area contributed by atoms with Crippen molar-refractivity contribution in [3.05, 3.63) is 35.9 Å². The lowest BCUT2D eigenvalue weighted by Gasteiger charge is -2.48. The van der Waals surface area contributed by atoms with Crippen LogP contribution < -0.4 is 0 Å². The molecule has 3 aliphatic rings. The number of ketones is 1. The van der Waals surface area contributed by atoms with Gasteiger partial charge in [0.25, 0.3) is 5.67 Å². The predicted molar refractivity (Wildman–Crippen MR) is 233 cm³/mol. The molecule has 0 unspecified atom stereocenters. The predicted octanol–water partition coefficient (Wildman–Crippen LogP) is 6.41. The Kier molecular flexibility index (Phi) is 17.6. The van der Waals surface area contributed by atoms with Gasteiger partial charge in [-0.1, -0.05) is 84.0 Å². The number of carbonyl (C=O) groups excluding carboxylic acids is 3. The molecule has 3 aliphatic heterocycles. The number of aliphatic hydroxyl groups excluding tert-OH is 1. The van der Waals surface area contributed by atoms with E-state index in [1.165, 1.54) is 20.8 Å². The minimum atomic E-state index is -3.21.